The van der Waals surface area contributed by atoms with Crippen LogP contribution in [-0.2, 0) is 4.79 Å². The van der Waals surface area contributed by atoms with Gasteiger partial charge in [-0.2, -0.15) is 0 Å². The molecule has 1 aliphatic rings. The van der Waals surface area contributed by atoms with Gasteiger partial charge in [-0.3, -0.25) is 4.79 Å². The van der Waals surface area contributed by atoms with Gasteiger partial charge in [-0.25, -0.2) is 0 Å². The van der Waals surface area contributed by atoms with Gasteiger partial charge in [0.25, 0.3) is 0 Å². The topological polar surface area (TPSA) is 110 Å². The third-order valence-corrected chi connectivity index (χ3v) is 11.0. The minimum atomic E-state index is -1.30. The maximum Gasteiger partial charge on any atom is 0.249 e. The second kappa shape index (κ2) is 32.9. The minimum absolute atomic E-state index is 0.261. The first-order valence-electron chi connectivity index (χ1n) is 21.5. The van der Waals surface area contributed by atoms with Gasteiger partial charge >= 0.3 is 0 Å². The number of amides is 1. The highest BCUT2D eigenvalue weighted by Gasteiger charge is 2.35. The number of aliphatic hydroxyl groups excluding tert-OH is 4. The van der Waals surface area contributed by atoms with E-state index in [1.165, 1.54) is 154 Å². The van der Waals surface area contributed by atoms with Crippen molar-refractivity contribution in [3.05, 3.63) is 12.2 Å². The molecule has 5 N–H and O–H groups in total. The third-order valence-electron chi connectivity index (χ3n) is 11.0. The van der Waals surface area contributed by atoms with Gasteiger partial charge in [-0.15, -0.1) is 0 Å². The van der Waals surface area contributed by atoms with E-state index in [-0.39, 0.29) is 6.42 Å². The van der Waals surface area contributed by atoms with E-state index < -0.39 is 36.9 Å². The highest BCUT2D eigenvalue weighted by atomic mass is 16.3. The normalized spacial score (nSPS) is 18.5. The molecule has 1 fully saturated rings. The van der Waals surface area contributed by atoms with Crippen LogP contribution < -0.4 is 5.32 Å². The number of allylic oxidation sites excluding steroid dienone is 1. The first kappa shape index (κ1) is 46.1. The zero-order chi connectivity index (χ0) is 35.8. The van der Waals surface area contributed by atoms with Crippen molar-refractivity contribution in [2.24, 2.45) is 11.8 Å². The Bertz CT molecular complexity index is 761. The van der Waals surface area contributed by atoms with Crippen molar-refractivity contribution in [1.29, 1.82) is 0 Å². The maximum absolute atomic E-state index is 12.5. The molecule has 0 radical (unpaired) electrons. The molecule has 0 aromatic heterocycles. The molecule has 6 atom stereocenters. The zero-order valence-electron chi connectivity index (χ0n) is 32.4. The Kier molecular flexibility index (Phi) is 31.0. The third kappa shape index (κ3) is 26.5. The molecule has 1 amide bonds. The van der Waals surface area contributed by atoms with Gasteiger partial charge in [-0.1, -0.05) is 193 Å². The molecule has 0 heterocycles. The average molecular weight is 694 g/mol. The van der Waals surface area contributed by atoms with E-state index in [9.17, 15) is 25.2 Å². The highest BCUT2D eigenvalue weighted by Crippen LogP contribution is 2.45. The number of rotatable bonds is 37. The first-order valence-corrected chi connectivity index (χ1v) is 21.5. The fourth-order valence-corrected chi connectivity index (χ4v) is 7.33. The number of nitrogens with one attached hydrogen (secondary N) is 1. The summed E-state index contributed by atoms with van der Waals surface area (Å²) in [6.07, 6.45) is 38.8. The second-order valence-electron chi connectivity index (χ2n) is 15.6. The molecule has 290 valence electrons. The van der Waals surface area contributed by atoms with Crippen LogP contribution in [0.4, 0.5) is 0 Å². The van der Waals surface area contributed by atoms with E-state index in [0.717, 1.165) is 43.9 Å². The summed E-state index contributed by atoms with van der Waals surface area (Å²) in [5, 5.41) is 43.5. The predicted octanol–water partition coefficient (Wildman–Crippen LogP) is 10.5. The number of carbonyl (C=O) groups is 1. The van der Waals surface area contributed by atoms with E-state index in [2.05, 4.69) is 25.2 Å². The van der Waals surface area contributed by atoms with Crippen LogP contribution in [0.3, 0.4) is 0 Å². The SMILES string of the molecule is CCCCCCCCCCCCCCCCCCCCCCC[C@@H](O)C(=O)N[C@@H](CO)[C@H](O)[C@H](O)C/C=C/CCCCC1CC1CCCC. The molecule has 0 spiro atoms. The Morgan fingerprint density at radius 3 is 1.53 bits per heavy atom. The lowest BCUT2D eigenvalue weighted by Gasteiger charge is -2.26. The van der Waals surface area contributed by atoms with Gasteiger partial charge in [0, 0.05) is 0 Å². The van der Waals surface area contributed by atoms with Gasteiger partial charge in [0.05, 0.1) is 18.8 Å². The van der Waals surface area contributed by atoms with Crippen LogP contribution in [-0.4, -0.2) is 57.3 Å². The van der Waals surface area contributed by atoms with Crippen LogP contribution in [0.1, 0.15) is 213 Å². The van der Waals surface area contributed by atoms with E-state index in [0.29, 0.717) is 6.42 Å². The summed E-state index contributed by atoms with van der Waals surface area (Å²) in [5.41, 5.74) is 0. The van der Waals surface area contributed by atoms with Gasteiger partial charge in [0.1, 0.15) is 12.2 Å². The lowest BCUT2D eigenvalue weighted by Crippen LogP contribution is -2.52. The highest BCUT2D eigenvalue weighted by molar-refractivity contribution is 5.80. The van der Waals surface area contributed by atoms with Crippen LogP contribution in [0.2, 0.25) is 0 Å². The van der Waals surface area contributed by atoms with E-state index in [1.54, 1.807) is 0 Å². The van der Waals surface area contributed by atoms with E-state index >= 15 is 0 Å². The molecule has 2 unspecified atom stereocenters. The fourth-order valence-electron chi connectivity index (χ4n) is 7.33. The minimum Gasteiger partial charge on any atom is -0.394 e. The molecule has 0 aliphatic heterocycles. The molecule has 6 heteroatoms. The monoisotopic (exact) mass is 694 g/mol. The predicted molar refractivity (Wildman–Crippen MR) is 208 cm³/mol. The summed E-state index contributed by atoms with van der Waals surface area (Å²) < 4.78 is 0. The molecular formula is C43H83NO5. The lowest BCUT2D eigenvalue weighted by molar-refractivity contribution is -0.132. The second-order valence-corrected chi connectivity index (χ2v) is 15.6. The average Bonchev–Trinajstić information content (AvgIpc) is 3.87. The molecule has 1 aliphatic carbocycles. The number of unbranched alkanes of at least 4 members (excludes halogenated alkanes) is 23. The van der Waals surface area contributed by atoms with Crippen LogP contribution in [0.25, 0.3) is 0 Å². The lowest BCUT2D eigenvalue weighted by atomic mass is 10.0. The van der Waals surface area contributed by atoms with Crippen LogP contribution in [0, 0.1) is 11.8 Å². The van der Waals surface area contributed by atoms with Gasteiger partial charge in [0.15, 0.2) is 0 Å². The molecule has 49 heavy (non-hydrogen) atoms. The molecule has 0 aromatic rings. The summed E-state index contributed by atoms with van der Waals surface area (Å²) in [6, 6.07) is -1.01. The molecule has 0 aromatic carbocycles. The molecule has 6 nitrogen and oxygen atoms in total. The fraction of sp³-hybridized carbons (Fsp3) is 0.930. The Labute approximate surface area is 303 Å². The number of carbonyl (C=O) groups excluding carboxylic acids is 1. The van der Waals surface area contributed by atoms with E-state index in [1.807, 2.05) is 6.08 Å². The molecule has 0 bridgehead atoms. The number of hydrogen-bond donors (Lipinski definition) is 5. The van der Waals surface area contributed by atoms with Crippen molar-refractivity contribution in [2.45, 2.75) is 237 Å². The summed E-state index contributed by atoms with van der Waals surface area (Å²) in [5.74, 6) is 1.32. The van der Waals surface area contributed by atoms with Crippen molar-refractivity contribution < 1.29 is 25.2 Å². The Morgan fingerprint density at radius 1 is 0.612 bits per heavy atom. The molecule has 0 saturated heterocycles. The number of hydrogen-bond acceptors (Lipinski definition) is 5. The molecule has 1 rings (SSSR count). The van der Waals surface area contributed by atoms with Crippen molar-refractivity contribution >= 4 is 5.91 Å². The van der Waals surface area contributed by atoms with Crippen molar-refractivity contribution in [1.82, 2.24) is 5.32 Å². The van der Waals surface area contributed by atoms with Crippen molar-refractivity contribution in [3.63, 3.8) is 0 Å². The van der Waals surface area contributed by atoms with Crippen LogP contribution in [0.15, 0.2) is 12.2 Å². The summed E-state index contributed by atoms with van der Waals surface area (Å²) >= 11 is 0. The first-order chi connectivity index (χ1) is 23.9. The van der Waals surface area contributed by atoms with Crippen LogP contribution >= 0.6 is 0 Å². The van der Waals surface area contributed by atoms with Crippen molar-refractivity contribution in [2.75, 3.05) is 6.61 Å². The summed E-state index contributed by atoms with van der Waals surface area (Å²) in [7, 11) is 0. The summed E-state index contributed by atoms with van der Waals surface area (Å²) in [4.78, 5) is 12.5. The standard InChI is InChI=1S/C43H83NO5/c1-3-5-7-8-9-10-11-12-13-14-15-16-17-18-19-20-21-22-23-26-30-34-41(47)43(49)44-39(36-45)42(48)40(46)33-29-27-24-25-28-32-38-35-37(38)31-6-4-2/h27,29,37-42,45-48H,3-26,28,30-36H2,1-2H3,(H,44,49)/b29-27+/t37?,38?,39-,40+,41+,42-/m0/s1. The zero-order valence-corrected chi connectivity index (χ0v) is 32.4. The number of aliphatic hydroxyl groups is 4. The van der Waals surface area contributed by atoms with Crippen LogP contribution in [0.5, 0.6) is 0 Å². The Balaban J connectivity index is 1.95. The Morgan fingerprint density at radius 2 is 1.06 bits per heavy atom. The van der Waals surface area contributed by atoms with Gasteiger partial charge in [0.2, 0.25) is 5.91 Å². The van der Waals surface area contributed by atoms with Crippen molar-refractivity contribution in [3.8, 4) is 0 Å². The van der Waals surface area contributed by atoms with Gasteiger partial charge in [-0.05, 0) is 43.9 Å². The largest absolute Gasteiger partial charge is 0.394 e. The summed E-state index contributed by atoms with van der Waals surface area (Å²) in [6.45, 7) is 4.04. The molecule has 1 saturated carbocycles. The van der Waals surface area contributed by atoms with Gasteiger partial charge < -0.3 is 25.7 Å². The molecular weight excluding hydrogens is 610 g/mol. The Hall–Kier alpha value is -0.950. The quantitative estimate of drug-likeness (QED) is 0.0329. The maximum atomic E-state index is 12.5. The van der Waals surface area contributed by atoms with E-state index in [4.69, 9.17) is 0 Å². The smallest absolute Gasteiger partial charge is 0.249 e.